The largest absolute Gasteiger partial charge is 0.461 e. The van der Waals surface area contributed by atoms with E-state index in [9.17, 15) is 4.79 Å². The van der Waals surface area contributed by atoms with E-state index >= 15 is 0 Å². The first-order valence-electron chi connectivity index (χ1n) is 7.05. The molecule has 0 bridgehead atoms. The van der Waals surface area contributed by atoms with Crippen LogP contribution in [0.2, 0.25) is 0 Å². The molecule has 0 atom stereocenters. The maximum atomic E-state index is 11.9. The van der Waals surface area contributed by atoms with Crippen LogP contribution in [0.15, 0.2) is 48.7 Å². The van der Waals surface area contributed by atoms with Crippen molar-refractivity contribution in [3.8, 4) is 22.9 Å². The van der Waals surface area contributed by atoms with Gasteiger partial charge in [-0.25, -0.2) is 9.78 Å². The Morgan fingerprint density at radius 3 is 2.87 bits per heavy atom. The van der Waals surface area contributed by atoms with E-state index in [1.54, 1.807) is 37.4 Å². The molecule has 23 heavy (non-hydrogen) atoms. The average Bonchev–Trinajstić information content (AvgIpc) is 3.06. The van der Waals surface area contributed by atoms with E-state index in [4.69, 9.17) is 9.47 Å². The Bertz CT molecular complexity index is 802. The third-order valence-corrected chi connectivity index (χ3v) is 2.98. The number of benzene rings is 1. The Morgan fingerprint density at radius 1 is 1.17 bits per heavy atom. The minimum absolute atomic E-state index is 0.141. The second-order valence-corrected chi connectivity index (χ2v) is 4.54. The molecule has 0 fully saturated rings. The summed E-state index contributed by atoms with van der Waals surface area (Å²) in [6.45, 7) is 2.01. The highest BCUT2D eigenvalue weighted by Gasteiger charge is 2.19. The number of rotatable bonds is 5. The van der Waals surface area contributed by atoms with Gasteiger partial charge in [0.1, 0.15) is 11.4 Å². The van der Waals surface area contributed by atoms with Crippen LogP contribution in [-0.2, 0) is 4.74 Å². The predicted octanol–water partition coefficient (Wildman–Crippen LogP) is 2.84. The molecular formula is C16H14N4O3. The second-order valence-electron chi connectivity index (χ2n) is 4.54. The number of hydrogen-bond acceptors (Lipinski definition) is 6. The van der Waals surface area contributed by atoms with Crippen LogP contribution in [0.1, 0.15) is 17.4 Å². The summed E-state index contributed by atoms with van der Waals surface area (Å²) in [4.78, 5) is 16.0. The lowest BCUT2D eigenvalue weighted by molar-refractivity contribution is 0.0520. The molecule has 0 radical (unpaired) electrons. The van der Waals surface area contributed by atoms with Crippen molar-refractivity contribution in [2.45, 2.75) is 6.92 Å². The van der Waals surface area contributed by atoms with Crippen molar-refractivity contribution >= 4 is 5.97 Å². The Balaban J connectivity index is 1.89. The Morgan fingerprint density at radius 2 is 2.09 bits per heavy atom. The fourth-order valence-corrected chi connectivity index (χ4v) is 2.01. The quantitative estimate of drug-likeness (QED) is 0.729. The second kappa shape index (κ2) is 6.69. The number of aromatic nitrogens is 4. The maximum Gasteiger partial charge on any atom is 0.361 e. The topological polar surface area (TPSA) is 90.0 Å². The van der Waals surface area contributed by atoms with Crippen molar-refractivity contribution in [1.82, 2.24) is 20.4 Å². The van der Waals surface area contributed by atoms with Crippen molar-refractivity contribution in [3.63, 3.8) is 0 Å². The van der Waals surface area contributed by atoms with E-state index in [0.29, 0.717) is 22.9 Å². The molecule has 7 heteroatoms. The van der Waals surface area contributed by atoms with Crippen LogP contribution < -0.4 is 4.74 Å². The van der Waals surface area contributed by atoms with Crippen LogP contribution in [0.5, 0.6) is 11.6 Å². The summed E-state index contributed by atoms with van der Waals surface area (Å²) in [5.74, 6) is 0.543. The third-order valence-electron chi connectivity index (χ3n) is 2.98. The molecule has 2 heterocycles. The van der Waals surface area contributed by atoms with Gasteiger partial charge in [0.2, 0.25) is 5.88 Å². The summed E-state index contributed by atoms with van der Waals surface area (Å²) in [6.07, 6.45) is 1.65. The first-order valence-corrected chi connectivity index (χ1v) is 7.05. The maximum absolute atomic E-state index is 11.9. The van der Waals surface area contributed by atoms with Crippen molar-refractivity contribution in [1.29, 1.82) is 0 Å². The Labute approximate surface area is 132 Å². The zero-order chi connectivity index (χ0) is 16.1. The van der Waals surface area contributed by atoms with Crippen LogP contribution >= 0.6 is 0 Å². The smallest absolute Gasteiger partial charge is 0.361 e. The Hall–Kier alpha value is -3.22. The number of H-pyrrole nitrogens is 1. The molecule has 0 aliphatic carbocycles. The van der Waals surface area contributed by atoms with Crippen LogP contribution in [0.25, 0.3) is 11.3 Å². The van der Waals surface area contributed by atoms with E-state index in [1.807, 2.05) is 18.2 Å². The molecule has 0 saturated heterocycles. The van der Waals surface area contributed by atoms with Crippen LogP contribution in [0, 0.1) is 0 Å². The van der Waals surface area contributed by atoms with Gasteiger partial charge in [-0.2, -0.15) is 10.3 Å². The van der Waals surface area contributed by atoms with Crippen LogP contribution in [-0.4, -0.2) is 33.0 Å². The summed E-state index contributed by atoms with van der Waals surface area (Å²) >= 11 is 0. The normalized spacial score (nSPS) is 10.3. The predicted molar refractivity (Wildman–Crippen MR) is 82.1 cm³/mol. The highest BCUT2D eigenvalue weighted by Crippen LogP contribution is 2.26. The fraction of sp³-hybridized carbons (Fsp3) is 0.125. The molecule has 3 rings (SSSR count). The van der Waals surface area contributed by atoms with E-state index in [2.05, 4.69) is 20.4 Å². The van der Waals surface area contributed by atoms with Crippen molar-refractivity contribution in [3.05, 3.63) is 54.4 Å². The van der Waals surface area contributed by atoms with Crippen molar-refractivity contribution in [2.75, 3.05) is 6.61 Å². The molecular weight excluding hydrogens is 296 g/mol. The van der Waals surface area contributed by atoms with Gasteiger partial charge in [-0.05, 0) is 25.1 Å². The molecule has 0 amide bonds. The number of nitrogens with one attached hydrogen (secondary N) is 1. The van der Waals surface area contributed by atoms with Gasteiger partial charge < -0.3 is 9.47 Å². The lowest BCUT2D eigenvalue weighted by atomic mass is 10.1. The summed E-state index contributed by atoms with van der Waals surface area (Å²) in [5.41, 5.74) is 1.24. The first-order chi connectivity index (χ1) is 11.3. The number of pyridine rings is 1. The summed E-state index contributed by atoms with van der Waals surface area (Å²) in [7, 11) is 0. The third kappa shape index (κ3) is 3.34. The van der Waals surface area contributed by atoms with Gasteiger partial charge in [-0.1, -0.05) is 18.2 Å². The fourth-order valence-electron chi connectivity index (χ4n) is 2.01. The lowest BCUT2D eigenvalue weighted by Crippen LogP contribution is -2.06. The number of nitrogens with zero attached hydrogens (tertiary/aromatic N) is 3. The molecule has 0 spiro atoms. The van der Waals surface area contributed by atoms with Crippen LogP contribution in [0.4, 0.5) is 0 Å². The minimum atomic E-state index is -0.521. The van der Waals surface area contributed by atoms with E-state index in [-0.39, 0.29) is 12.3 Å². The summed E-state index contributed by atoms with van der Waals surface area (Å²) < 4.78 is 10.7. The molecule has 7 nitrogen and oxygen atoms in total. The van der Waals surface area contributed by atoms with Gasteiger partial charge in [-0.3, -0.25) is 0 Å². The number of hydrogen-bond donors (Lipinski definition) is 1. The molecule has 116 valence electrons. The summed E-state index contributed by atoms with van der Waals surface area (Å²) in [5, 5.41) is 10.3. The van der Waals surface area contributed by atoms with Crippen LogP contribution in [0.3, 0.4) is 0 Å². The number of aromatic amines is 1. The molecule has 0 aliphatic rings. The zero-order valence-corrected chi connectivity index (χ0v) is 12.4. The minimum Gasteiger partial charge on any atom is -0.461 e. The van der Waals surface area contributed by atoms with E-state index in [0.717, 1.165) is 0 Å². The SMILES string of the molecule is CCOC(=O)c1n[nH]nc1-c1cccc(Oc2ccccn2)c1. The average molecular weight is 310 g/mol. The molecule has 0 saturated carbocycles. The number of ether oxygens (including phenoxy) is 2. The number of carbonyl (C=O) groups is 1. The molecule has 0 aliphatic heterocycles. The van der Waals surface area contributed by atoms with Crippen molar-refractivity contribution < 1.29 is 14.3 Å². The number of esters is 1. The molecule has 3 aromatic rings. The first kappa shape index (κ1) is 14.7. The highest BCUT2D eigenvalue weighted by atomic mass is 16.5. The summed E-state index contributed by atoms with van der Waals surface area (Å²) in [6, 6.07) is 12.6. The lowest BCUT2D eigenvalue weighted by Gasteiger charge is -2.06. The van der Waals surface area contributed by atoms with Gasteiger partial charge >= 0.3 is 5.97 Å². The van der Waals surface area contributed by atoms with E-state index < -0.39 is 5.97 Å². The van der Waals surface area contributed by atoms with Crippen molar-refractivity contribution in [2.24, 2.45) is 0 Å². The van der Waals surface area contributed by atoms with Gasteiger partial charge in [0, 0.05) is 17.8 Å². The highest BCUT2D eigenvalue weighted by molar-refractivity contribution is 5.93. The zero-order valence-electron chi connectivity index (χ0n) is 12.4. The van der Waals surface area contributed by atoms with E-state index in [1.165, 1.54) is 0 Å². The van der Waals surface area contributed by atoms with Gasteiger partial charge in [-0.15, -0.1) is 5.10 Å². The molecule has 1 aromatic carbocycles. The standard InChI is InChI=1S/C16H14N4O3/c1-2-22-16(21)15-14(18-20-19-15)11-6-5-7-12(10-11)23-13-8-3-4-9-17-13/h3-10H,2H2,1H3,(H,18,19,20). The monoisotopic (exact) mass is 310 g/mol. The van der Waals surface area contributed by atoms with Gasteiger partial charge in [0.15, 0.2) is 5.69 Å². The molecule has 2 aromatic heterocycles. The Kier molecular flexibility index (Phi) is 4.28. The van der Waals surface area contributed by atoms with Gasteiger partial charge in [0.05, 0.1) is 6.61 Å². The molecule has 1 N–H and O–H groups in total. The number of carbonyl (C=O) groups excluding carboxylic acids is 1. The van der Waals surface area contributed by atoms with Gasteiger partial charge in [0.25, 0.3) is 0 Å². The molecule has 0 unspecified atom stereocenters.